The number of benzene rings is 1. The van der Waals surface area contributed by atoms with Crippen molar-refractivity contribution >= 4 is 12.0 Å². The van der Waals surface area contributed by atoms with Gasteiger partial charge in [0.15, 0.2) is 0 Å². The van der Waals surface area contributed by atoms with Crippen molar-refractivity contribution in [3.8, 4) is 5.75 Å². The molecule has 19 heavy (non-hydrogen) atoms. The number of hydrogen-bond acceptors (Lipinski definition) is 3. The van der Waals surface area contributed by atoms with Crippen LogP contribution < -0.4 is 10.1 Å². The summed E-state index contributed by atoms with van der Waals surface area (Å²) in [6, 6.07) is 7.52. The third kappa shape index (κ3) is 6.62. The van der Waals surface area contributed by atoms with Crippen LogP contribution in [-0.2, 0) is 9.53 Å². The van der Waals surface area contributed by atoms with Crippen molar-refractivity contribution in [2.75, 3.05) is 26.9 Å². The zero-order valence-corrected chi connectivity index (χ0v) is 11.5. The van der Waals surface area contributed by atoms with Gasteiger partial charge in [0.1, 0.15) is 5.75 Å². The third-order valence-corrected chi connectivity index (χ3v) is 2.51. The van der Waals surface area contributed by atoms with E-state index in [4.69, 9.17) is 9.47 Å². The zero-order chi connectivity index (χ0) is 13.9. The first kappa shape index (κ1) is 15.2. The molecule has 0 aliphatic carbocycles. The fourth-order valence-electron chi connectivity index (χ4n) is 1.48. The van der Waals surface area contributed by atoms with E-state index in [1.165, 1.54) is 6.08 Å². The van der Waals surface area contributed by atoms with Crippen molar-refractivity contribution in [3.63, 3.8) is 0 Å². The van der Waals surface area contributed by atoms with Crippen LogP contribution in [0.5, 0.6) is 5.75 Å². The first-order valence-electron chi connectivity index (χ1n) is 6.44. The Kier molecular flexibility index (Phi) is 7.35. The van der Waals surface area contributed by atoms with E-state index < -0.39 is 0 Å². The number of carbonyl (C=O) groups excluding carboxylic acids is 1. The molecule has 0 saturated carbocycles. The van der Waals surface area contributed by atoms with Gasteiger partial charge in [-0.2, -0.15) is 0 Å². The van der Waals surface area contributed by atoms with Crippen molar-refractivity contribution in [2.24, 2.45) is 0 Å². The zero-order valence-electron chi connectivity index (χ0n) is 11.5. The maximum absolute atomic E-state index is 11.5. The number of hydrogen-bond donors (Lipinski definition) is 1. The molecule has 0 bridgehead atoms. The quantitative estimate of drug-likeness (QED) is 0.578. The molecule has 4 heteroatoms. The lowest BCUT2D eigenvalue weighted by molar-refractivity contribution is -0.116. The molecule has 104 valence electrons. The molecule has 0 saturated heterocycles. The normalized spacial score (nSPS) is 10.6. The van der Waals surface area contributed by atoms with Gasteiger partial charge in [0.05, 0.1) is 7.11 Å². The average molecular weight is 263 g/mol. The van der Waals surface area contributed by atoms with Gasteiger partial charge in [-0.15, -0.1) is 0 Å². The van der Waals surface area contributed by atoms with Crippen LogP contribution in [0.1, 0.15) is 18.9 Å². The third-order valence-electron chi connectivity index (χ3n) is 2.51. The summed E-state index contributed by atoms with van der Waals surface area (Å²) in [6.07, 6.45) is 4.13. The van der Waals surface area contributed by atoms with Gasteiger partial charge >= 0.3 is 0 Å². The highest BCUT2D eigenvalue weighted by molar-refractivity contribution is 5.91. The predicted octanol–water partition coefficient (Wildman–Crippen LogP) is 2.25. The fourth-order valence-corrected chi connectivity index (χ4v) is 1.48. The Labute approximate surface area is 114 Å². The molecule has 0 aliphatic rings. The summed E-state index contributed by atoms with van der Waals surface area (Å²) >= 11 is 0. The highest BCUT2D eigenvalue weighted by Gasteiger charge is 1.95. The van der Waals surface area contributed by atoms with Crippen LogP contribution >= 0.6 is 0 Å². The maximum Gasteiger partial charge on any atom is 0.244 e. The molecular weight excluding hydrogens is 242 g/mol. The Morgan fingerprint density at radius 2 is 2.05 bits per heavy atom. The van der Waals surface area contributed by atoms with Gasteiger partial charge in [-0.3, -0.25) is 4.79 Å². The molecule has 1 aromatic carbocycles. The molecule has 4 nitrogen and oxygen atoms in total. The number of amides is 1. The Balaban J connectivity index is 2.28. The molecule has 0 aromatic heterocycles. The van der Waals surface area contributed by atoms with Crippen molar-refractivity contribution in [2.45, 2.75) is 13.3 Å². The molecule has 0 heterocycles. The van der Waals surface area contributed by atoms with Gasteiger partial charge in [-0.1, -0.05) is 12.1 Å². The van der Waals surface area contributed by atoms with Crippen LogP contribution in [0.4, 0.5) is 0 Å². The second kappa shape index (κ2) is 9.16. The Morgan fingerprint density at radius 1 is 1.32 bits per heavy atom. The molecule has 1 N–H and O–H groups in total. The molecule has 0 spiro atoms. The summed E-state index contributed by atoms with van der Waals surface area (Å²) in [4.78, 5) is 11.5. The number of methoxy groups -OCH3 is 1. The van der Waals surface area contributed by atoms with Crippen molar-refractivity contribution in [3.05, 3.63) is 35.9 Å². The Bertz CT molecular complexity index is 398. The summed E-state index contributed by atoms with van der Waals surface area (Å²) < 4.78 is 10.3. The molecule has 0 radical (unpaired) electrons. The van der Waals surface area contributed by atoms with Crippen LogP contribution in [0.15, 0.2) is 30.3 Å². The largest absolute Gasteiger partial charge is 0.497 e. The van der Waals surface area contributed by atoms with Crippen LogP contribution in [0.2, 0.25) is 0 Å². The summed E-state index contributed by atoms with van der Waals surface area (Å²) in [7, 11) is 1.63. The molecule has 1 aromatic rings. The van der Waals surface area contributed by atoms with Crippen LogP contribution in [-0.4, -0.2) is 32.8 Å². The highest BCUT2D eigenvalue weighted by Crippen LogP contribution is 2.12. The van der Waals surface area contributed by atoms with E-state index in [9.17, 15) is 4.79 Å². The van der Waals surface area contributed by atoms with Gasteiger partial charge in [0, 0.05) is 25.8 Å². The summed E-state index contributed by atoms with van der Waals surface area (Å²) in [5, 5.41) is 2.80. The molecule has 0 atom stereocenters. The van der Waals surface area contributed by atoms with Gasteiger partial charge < -0.3 is 14.8 Å². The summed E-state index contributed by atoms with van der Waals surface area (Å²) in [5.74, 6) is 0.713. The predicted molar refractivity (Wildman–Crippen MR) is 76.1 cm³/mol. The standard InChI is InChI=1S/C15H21NO3/c1-3-19-12-4-11-16-15(17)10-7-13-5-8-14(18-2)9-6-13/h5-10H,3-4,11-12H2,1-2H3,(H,16,17). The van der Waals surface area contributed by atoms with Crippen molar-refractivity contribution in [1.29, 1.82) is 0 Å². The lowest BCUT2D eigenvalue weighted by atomic mass is 10.2. The summed E-state index contributed by atoms with van der Waals surface area (Å²) in [5.41, 5.74) is 0.963. The van der Waals surface area contributed by atoms with E-state index in [0.717, 1.165) is 17.7 Å². The van der Waals surface area contributed by atoms with Gasteiger partial charge in [-0.05, 0) is 37.1 Å². The lowest BCUT2D eigenvalue weighted by Gasteiger charge is -2.02. The molecule has 0 unspecified atom stereocenters. The Morgan fingerprint density at radius 3 is 2.68 bits per heavy atom. The minimum Gasteiger partial charge on any atom is -0.497 e. The smallest absolute Gasteiger partial charge is 0.244 e. The van der Waals surface area contributed by atoms with E-state index in [1.54, 1.807) is 13.2 Å². The van der Waals surface area contributed by atoms with E-state index >= 15 is 0 Å². The van der Waals surface area contributed by atoms with Crippen LogP contribution in [0.3, 0.4) is 0 Å². The second-order valence-corrected chi connectivity index (χ2v) is 3.95. The SMILES string of the molecule is CCOCCCNC(=O)C=Cc1ccc(OC)cc1. The summed E-state index contributed by atoms with van der Waals surface area (Å²) in [6.45, 7) is 3.98. The van der Waals surface area contributed by atoms with Crippen LogP contribution in [0.25, 0.3) is 6.08 Å². The number of rotatable bonds is 8. The second-order valence-electron chi connectivity index (χ2n) is 3.95. The van der Waals surface area contributed by atoms with E-state index in [2.05, 4.69) is 5.32 Å². The van der Waals surface area contributed by atoms with E-state index in [-0.39, 0.29) is 5.91 Å². The first-order chi connectivity index (χ1) is 9.26. The number of nitrogens with one attached hydrogen (secondary N) is 1. The van der Waals surface area contributed by atoms with Gasteiger partial charge in [-0.25, -0.2) is 0 Å². The van der Waals surface area contributed by atoms with E-state index in [0.29, 0.717) is 19.8 Å². The molecule has 1 rings (SSSR count). The minimum absolute atomic E-state index is 0.0904. The lowest BCUT2D eigenvalue weighted by Crippen LogP contribution is -2.23. The average Bonchev–Trinajstić information content (AvgIpc) is 2.45. The van der Waals surface area contributed by atoms with Gasteiger partial charge in [0.25, 0.3) is 0 Å². The van der Waals surface area contributed by atoms with Crippen LogP contribution in [0, 0.1) is 0 Å². The number of carbonyl (C=O) groups is 1. The molecule has 0 aliphatic heterocycles. The van der Waals surface area contributed by atoms with Crippen molar-refractivity contribution in [1.82, 2.24) is 5.32 Å². The molecule has 0 fully saturated rings. The van der Waals surface area contributed by atoms with E-state index in [1.807, 2.05) is 31.2 Å². The Hall–Kier alpha value is -1.81. The highest BCUT2D eigenvalue weighted by atomic mass is 16.5. The topological polar surface area (TPSA) is 47.6 Å². The minimum atomic E-state index is -0.0904. The van der Waals surface area contributed by atoms with Gasteiger partial charge in [0.2, 0.25) is 5.91 Å². The molecule has 1 amide bonds. The first-order valence-corrected chi connectivity index (χ1v) is 6.44. The van der Waals surface area contributed by atoms with Crippen molar-refractivity contribution < 1.29 is 14.3 Å². The maximum atomic E-state index is 11.5. The monoisotopic (exact) mass is 263 g/mol. The fraction of sp³-hybridized carbons (Fsp3) is 0.400. The molecular formula is C15H21NO3. The number of ether oxygens (including phenoxy) is 2.